The summed E-state index contributed by atoms with van der Waals surface area (Å²) in [4.78, 5) is 4.05. The highest BCUT2D eigenvalue weighted by Crippen LogP contribution is 2.23. The van der Waals surface area contributed by atoms with Gasteiger partial charge in [0.25, 0.3) is 10.0 Å². The van der Waals surface area contributed by atoms with Crippen LogP contribution >= 0.6 is 0 Å². The van der Waals surface area contributed by atoms with Crippen LogP contribution in [0.15, 0.2) is 35.6 Å². The number of fused-ring (bicyclic) bond motifs is 1. The predicted octanol–water partition coefficient (Wildman–Crippen LogP) is 0.759. The number of nitrogen functional groups attached to an aromatic ring is 1. The van der Waals surface area contributed by atoms with E-state index in [4.69, 9.17) is 5.73 Å². The van der Waals surface area contributed by atoms with Gasteiger partial charge in [-0.1, -0.05) is 6.07 Å². The minimum atomic E-state index is -3.86. The number of nitrogens with zero attached hydrogens (tertiary/aromatic N) is 4. The van der Waals surface area contributed by atoms with Crippen molar-refractivity contribution < 1.29 is 8.42 Å². The van der Waals surface area contributed by atoms with Crippen molar-refractivity contribution in [3.63, 3.8) is 0 Å². The van der Waals surface area contributed by atoms with Crippen molar-refractivity contribution in [3.05, 3.63) is 36.3 Å². The average molecular weight is 306 g/mol. The number of nitrogens with two attached hydrogens (primary N) is 1. The van der Waals surface area contributed by atoms with E-state index in [-0.39, 0.29) is 10.8 Å². The van der Waals surface area contributed by atoms with Gasteiger partial charge in [-0.2, -0.15) is 13.5 Å². The molecule has 0 bridgehead atoms. The SMILES string of the molecule is Cc1nn(C)cc1NS(=O)(=O)c1c(N)nc2ccccn12. The summed E-state index contributed by atoms with van der Waals surface area (Å²) in [6.07, 6.45) is 3.19. The van der Waals surface area contributed by atoms with Crippen molar-refractivity contribution in [1.82, 2.24) is 19.2 Å². The zero-order valence-corrected chi connectivity index (χ0v) is 12.3. The van der Waals surface area contributed by atoms with Gasteiger partial charge in [-0.05, 0) is 19.1 Å². The summed E-state index contributed by atoms with van der Waals surface area (Å²) in [5, 5.41) is 4.02. The average Bonchev–Trinajstić information content (AvgIpc) is 2.88. The van der Waals surface area contributed by atoms with Gasteiger partial charge in [0, 0.05) is 19.4 Å². The van der Waals surface area contributed by atoms with Gasteiger partial charge in [0.15, 0.2) is 5.82 Å². The number of pyridine rings is 1. The van der Waals surface area contributed by atoms with Crippen molar-refractivity contribution in [2.75, 3.05) is 10.5 Å². The van der Waals surface area contributed by atoms with Crippen LogP contribution in [0.25, 0.3) is 5.65 Å². The maximum absolute atomic E-state index is 12.6. The first kappa shape index (κ1) is 13.4. The van der Waals surface area contributed by atoms with Crippen LogP contribution in [0.3, 0.4) is 0 Å². The summed E-state index contributed by atoms with van der Waals surface area (Å²) in [5.41, 5.74) is 7.22. The number of nitrogens with one attached hydrogen (secondary N) is 1. The molecule has 3 aromatic rings. The fraction of sp³-hybridized carbons (Fsp3) is 0.167. The Bertz CT molecular complexity index is 925. The molecule has 9 heteroatoms. The molecule has 3 heterocycles. The van der Waals surface area contributed by atoms with Crippen LogP contribution in [0.5, 0.6) is 0 Å². The van der Waals surface area contributed by atoms with Crippen molar-refractivity contribution in [2.45, 2.75) is 11.9 Å². The van der Waals surface area contributed by atoms with E-state index in [1.54, 1.807) is 44.6 Å². The van der Waals surface area contributed by atoms with Gasteiger partial charge < -0.3 is 5.73 Å². The summed E-state index contributed by atoms with van der Waals surface area (Å²) in [7, 11) is -2.15. The molecule has 0 saturated carbocycles. The largest absolute Gasteiger partial charge is 0.381 e. The second-order valence-electron chi connectivity index (χ2n) is 4.64. The summed E-state index contributed by atoms with van der Waals surface area (Å²) in [5.74, 6) is -0.0461. The first-order valence-electron chi connectivity index (χ1n) is 6.14. The third kappa shape index (κ3) is 2.21. The minimum absolute atomic E-state index is 0.0461. The monoisotopic (exact) mass is 306 g/mol. The van der Waals surface area contributed by atoms with Crippen molar-refractivity contribution >= 4 is 27.2 Å². The van der Waals surface area contributed by atoms with E-state index >= 15 is 0 Å². The highest BCUT2D eigenvalue weighted by molar-refractivity contribution is 7.92. The molecule has 0 aliphatic rings. The van der Waals surface area contributed by atoms with Crippen LogP contribution in [0.4, 0.5) is 11.5 Å². The molecule has 21 heavy (non-hydrogen) atoms. The number of anilines is 2. The molecule has 0 atom stereocenters. The molecule has 0 unspecified atom stereocenters. The van der Waals surface area contributed by atoms with E-state index in [1.165, 1.54) is 9.08 Å². The number of aromatic nitrogens is 4. The normalized spacial score (nSPS) is 11.9. The molecule has 0 radical (unpaired) electrons. The first-order valence-corrected chi connectivity index (χ1v) is 7.62. The lowest BCUT2D eigenvalue weighted by Gasteiger charge is -2.07. The summed E-state index contributed by atoms with van der Waals surface area (Å²) in [6, 6.07) is 5.16. The summed E-state index contributed by atoms with van der Waals surface area (Å²) in [6.45, 7) is 1.72. The Balaban J connectivity index is 2.12. The molecule has 0 saturated heterocycles. The van der Waals surface area contributed by atoms with Gasteiger partial charge in [-0.15, -0.1) is 0 Å². The first-order chi connectivity index (χ1) is 9.88. The number of hydrogen-bond acceptors (Lipinski definition) is 5. The van der Waals surface area contributed by atoms with Gasteiger partial charge in [0.2, 0.25) is 5.03 Å². The number of rotatable bonds is 3. The Kier molecular flexibility index (Phi) is 2.87. The molecule has 0 amide bonds. The van der Waals surface area contributed by atoms with Gasteiger partial charge in [0.05, 0.1) is 11.4 Å². The van der Waals surface area contributed by atoms with Gasteiger partial charge in [-0.25, -0.2) is 4.98 Å². The molecule has 0 fully saturated rings. The Morgan fingerprint density at radius 2 is 2.10 bits per heavy atom. The quantitative estimate of drug-likeness (QED) is 0.743. The van der Waals surface area contributed by atoms with Crippen LogP contribution in [0.2, 0.25) is 0 Å². The molecular weight excluding hydrogens is 292 g/mol. The standard InChI is InChI=1S/C12H14N6O2S/c1-8-9(7-17(2)15-8)16-21(19,20)12-11(13)14-10-5-3-4-6-18(10)12/h3-7,16H,13H2,1-2H3. The van der Waals surface area contributed by atoms with E-state index in [0.29, 0.717) is 17.0 Å². The van der Waals surface area contributed by atoms with Crippen molar-refractivity contribution in [1.29, 1.82) is 0 Å². The number of sulfonamides is 1. The lowest BCUT2D eigenvalue weighted by atomic mass is 10.4. The van der Waals surface area contributed by atoms with Crippen LogP contribution in [0.1, 0.15) is 5.69 Å². The minimum Gasteiger partial charge on any atom is -0.381 e. The van der Waals surface area contributed by atoms with E-state index in [2.05, 4.69) is 14.8 Å². The Labute approximate surface area is 121 Å². The van der Waals surface area contributed by atoms with Crippen LogP contribution in [-0.2, 0) is 17.1 Å². The Hall–Kier alpha value is -2.55. The third-order valence-corrected chi connectivity index (χ3v) is 4.43. The maximum atomic E-state index is 12.6. The number of aryl methyl sites for hydroxylation is 2. The van der Waals surface area contributed by atoms with Gasteiger partial charge in [-0.3, -0.25) is 13.8 Å². The van der Waals surface area contributed by atoms with Crippen LogP contribution in [0, 0.1) is 6.92 Å². The molecule has 0 spiro atoms. The summed E-state index contributed by atoms with van der Waals surface area (Å²) < 4.78 is 30.6. The zero-order valence-electron chi connectivity index (χ0n) is 11.5. The topological polar surface area (TPSA) is 107 Å². The molecule has 0 aromatic carbocycles. The molecular formula is C12H14N6O2S. The number of hydrogen-bond donors (Lipinski definition) is 2. The number of imidazole rings is 1. The van der Waals surface area contributed by atoms with E-state index < -0.39 is 10.0 Å². The Morgan fingerprint density at radius 1 is 1.33 bits per heavy atom. The molecule has 110 valence electrons. The summed E-state index contributed by atoms with van der Waals surface area (Å²) >= 11 is 0. The van der Waals surface area contributed by atoms with Gasteiger partial charge >= 0.3 is 0 Å². The van der Waals surface area contributed by atoms with Gasteiger partial charge in [0.1, 0.15) is 5.65 Å². The second-order valence-corrected chi connectivity index (χ2v) is 6.24. The smallest absolute Gasteiger partial charge is 0.281 e. The van der Waals surface area contributed by atoms with Crippen LogP contribution in [-0.4, -0.2) is 27.6 Å². The Morgan fingerprint density at radius 3 is 2.76 bits per heavy atom. The lowest BCUT2D eigenvalue weighted by Crippen LogP contribution is -2.16. The zero-order chi connectivity index (χ0) is 15.2. The molecule has 3 rings (SSSR count). The van der Waals surface area contributed by atoms with Crippen molar-refractivity contribution in [3.8, 4) is 0 Å². The fourth-order valence-electron chi connectivity index (χ4n) is 2.15. The highest BCUT2D eigenvalue weighted by atomic mass is 32.2. The second kappa shape index (κ2) is 4.48. The van der Waals surface area contributed by atoms with Crippen molar-refractivity contribution in [2.24, 2.45) is 7.05 Å². The van der Waals surface area contributed by atoms with E-state index in [0.717, 1.165) is 0 Å². The molecule has 0 aliphatic carbocycles. The predicted molar refractivity (Wildman–Crippen MR) is 78.4 cm³/mol. The molecule has 3 N–H and O–H groups in total. The third-order valence-electron chi connectivity index (χ3n) is 3.02. The molecule has 0 aliphatic heterocycles. The highest BCUT2D eigenvalue weighted by Gasteiger charge is 2.25. The molecule has 3 aromatic heterocycles. The lowest BCUT2D eigenvalue weighted by molar-refractivity contribution is 0.597. The fourth-order valence-corrected chi connectivity index (χ4v) is 3.47. The molecule has 8 nitrogen and oxygen atoms in total. The van der Waals surface area contributed by atoms with E-state index in [9.17, 15) is 8.42 Å². The van der Waals surface area contributed by atoms with E-state index in [1.807, 2.05) is 0 Å². The maximum Gasteiger partial charge on any atom is 0.281 e. The van der Waals surface area contributed by atoms with Crippen LogP contribution < -0.4 is 10.5 Å².